The fraction of sp³-hybridized carbons (Fsp3) is 0.286. The number of carbonyl (C=O) groups excluding carboxylic acids is 1. The van der Waals surface area contributed by atoms with Crippen LogP contribution in [0, 0.1) is 0 Å². The second kappa shape index (κ2) is 7.43. The van der Waals surface area contributed by atoms with Gasteiger partial charge in [-0.3, -0.25) is 4.79 Å². The van der Waals surface area contributed by atoms with Crippen LogP contribution in [0.4, 0.5) is 0 Å². The Bertz CT molecular complexity index is 811. The van der Waals surface area contributed by atoms with Crippen LogP contribution in [-0.2, 0) is 13.0 Å². The molecule has 130 valence electrons. The van der Waals surface area contributed by atoms with Gasteiger partial charge in [0.15, 0.2) is 11.5 Å². The van der Waals surface area contributed by atoms with Crippen molar-refractivity contribution in [1.82, 2.24) is 4.90 Å². The highest BCUT2D eigenvalue weighted by Crippen LogP contribution is 2.34. The third-order valence-electron chi connectivity index (χ3n) is 4.52. The molecule has 0 saturated heterocycles. The number of hydrogen-bond donors (Lipinski definition) is 0. The third kappa shape index (κ3) is 3.38. The van der Waals surface area contributed by atoms with E-state index in [0.29, 0.717) is 23.6 Å². The number of methoxy groups -OCH3 is 2. The minimum atomic E-state index is 0.0150. The van der Waals surface area contributed by atoms with Crippen LogP contribution in [0.25, 0.3) is 6.08 Å². The molecule has 0 aliphatic carbocycles. The van der Waals surface area contributed by atoms with Crippen LogP contribution in [0.1, 0.15) is 34.0 Å². The molecule has 3 rings (SSSR count). The van der Waals surface area contributed by atoms with Gasteiger partial charge in [0, 0.05) is 24.2 Å². The number of allylic oxidation sites excluding steroid dienone is 1. The molecule has 4 nitrogen and oxygen atoms in total. The van der Waals surface area contributed by atoms with Crippen LogP contribution in [0.15, 0.2) is 42.5 Å². The van der Waals surface area contributed by atoms with Crippen LogP contribution in [-0.4, -0.2) is 31.6 Å². The van der Waals surface area contributed by atoms with Gasteiger partial charge in [0.25, 0.3) is 5.91 Å². The Morgan fingerprint density at radius 3 is 2.56 bits per heavy atom. The van der Waals surface area contributed by atoms with Gasteiger partial charge in [0.05, 0.1) is 14.2 Å². The summed E-state index contributed by atoms with van der Waals surface area (Å²) in [6.07, 6.45) is 4.73. The van der Waals surface area contributed by atoms with Gasteiger partial charge in [0.2, 0.25) is 0 Å². The summed E-state index contributed by atoms with van der Waals surface area (Å²) < 4.78 is 10.9. The summed E-state index contributed by atoms with van der Waals surface area (Å²) in [5, 5.41) is 0. The van der Waals surface area contributed by atoms with E-state index in [1.54, 1.807) is 20.3 Å². The lowest BCUT2D eigenvalue weighted by molar-refractivity contribution is 0.0734. The molecule has 0 radical (unpaired) electrons. The molecule has 1 amide bonds. The second-order valence-electron chi connectivity index (χ2n) is 6.05. The number of rotatable bonds is 4. The van der Waals surface area contributed by atoms with Gasteiger partial charge < -0.3 is 14.4 Å². The lowest BCUT2D eigenvalue weighted by atomic mass is 9.99. The second-order valence-corrected chi connectivity index (χ2v) is 6.05. The van der Waals surface area contributed by atoms with Crippen LogP contribution in [0.5, 0.6) is 11.5 Å². The third-order valence-corrected chi connectivity index (χ3v) is 4.52. The number of hydrogen-bond acceptors (Lipinski definition) is 3. The molecule has 0 unspecified atom stereocenters. The van der Waals surface area contributed by atoms with E-state index in [1.165, 1.54) is 11.1 Å². The van der Waals surface area contributed by atoms with E-state index in [9.17, 15) is 4.79 Å². The maximum Gasteiger partial charge on any atom is 0.254 e. The van der Waals surface area contributed by atoms with Gasteiger partial charge in [-0.15, -0.1) is 0 Å². The molecule has 0 fully saturated rings. The fourth-order valence-corrected chi connectivity index (χ4v) is 3.27. The van der Waals surface area contributed by atoms with Crippen molar-refractivity contribution in [2.45, 2.75) is 19.9 Å². The quantitative estimate of drug-likeness (QED) is 0.848. The number of ether oxygens (including phenoxy) is 2. The van der Waals surface area contributed by atoms with Crippen molar-refractivity contribution in [2.24, 2.45) is 0 Å². The highest BCUT2D eigenvalue weighted by Gasteiger charge is 2.23. The number of carbonyl (C=O) groups is 1. The van der Waals surface area contributed by atoms with Gasteiger partial charge in [-0.25, -0.2) is 0 Å². The van der Waals surface area contributed by atoms with E-state index < -0.39 is 0 Å². The maximum absolute atomic E-state index is 13.0. The number of benzene rings is 2. The molecule has 4 heteroatoms. The lowest BCUT2D eigenvalue weighted by Gasteiger charge is -2.29. The molecular weight excluding hydrogens is 314 g/mol. The highest BCUT2D eigenvalue weighted by atomic mass is 16.5. The zero-order valence-corrected chi connectivity index (χ0v) is 14.9. The van der Waals surface area contributed by atoms with Crippen LogP contribution in [0.3, 0.4) is 0 Å². The van der Waals surface area contributed by atoms with E-state index in [4.69, 9.17) is 9.47 Å². The van der Waals surface area contributed by atoms with Gasteiger partial charge in [-0.2, -0.15) is 0 Å². The van der Waals surface area contributed by atoms with Crippen molar-refractivity contribution in [2.75, 3.05) is 20.8 Å². The Morgan fingerprint density at radius 1 is 1.12 bits per heavy atom. The molecule has 2 aromatic rings. The lowest BCUT2D eigenvalue weighted by Crippen LogP contribution is -2.36. The number of amides is 1. The molecule has 25 heavy (non-hydrogen) atoms. The van der Waals surface area contributed by atoms with Crippen LogP contribution in [0.2, 0.25) is 0 Å². The first-order valence-electron chi connectivity index (χ1n) is 8.42. The fourth-order valence-electron chi connectivity index (χ4n) is 3.27. The molecule has 0 atom stereocenters. The first kappa shape index (κ1) is 17.1. The first-order chi connectivity index (χ1) is 12.2. The zero-order valence-electron chi connectivity index (χ0n) is 14.9. The van der Waals surface area contributed by atoms with E-state index in [2.05, 4.69) is 12.1 Å². The van der Waals surface area contributed by atoms with Crippen LogP contribution >= 0.6 is 0 Å². The Kier molecular flexibility index (Phi) is 5.08. The van der Waals surface area contributed by atoms with Crippen molar-refractivity contribution in [3.63, 3.8) is 0 Å². The normalized spacial score (nSPS) is 13.6. The molecule has 0 spiro atoms. The minimum Gasteiger partial charge on any atom is -0.493 e. The smallest absolute Gasteiger partial charge is 0.254 e. The summed E-state index contributed by atoms with van der Waals surface area (Å²) in [7, 11) is 3.19. The molecule has 1 aliphatic rings. The van der Waals surface area contributed by atoms with Crippen molar-refractivity contribution in [3.8, 4) is 11.5 Å². The van der Waals surface area contributed by atoms with Crippen molar-refractivity contribution < 1.29 is 14.3 Å². The summed E-state index contributed by atoms with van der Waals surface area (Å²) in [5.74, 6) is 1.22. The standard InChI is InChI=1S/C21H23NO3/c1-4-7-16-12-18(13-19(24-2)20(16)25-3)21(23)22-11-10-15-8-5-6-9-17(15)14-22/h4-9,12-13H,10-11,14H2,1-3H3. The highest BCUT2D eigenvalue weighted by molar-refractivity contribution is 5.96. The molecule has 0 aromatic heterocycles. The van der Waals surface area contributed by atoms with Crippen molar-refractivity contribution in [1.29, 1.82) is 0 Å². The molecule has 0 N–H and O–H groups in total. The summed E-state index contributed by atoms with van der Waals surface area (Å²) >= 11 is 0. The molecule has 1 heterocycles. The SMILES string of the molecule is CC=Cc1cc(C(=O)N2CCc3ccccc3C2)cc(OC)c1OC. The van der Waals surface area contributed by atoms with Gasteiger partial charge in [-0.05, 0) is 36.6 Å². The van der Waals surface area contributed by atoms with E-state index >= 15 is 0 Å². The van der Waals surface area contributed by atoms with E-state index in [-0.39, 0.29) is 5.91 Å². The Morgan fingerprint density at radius 2 is 1.88 bits per heavy atom. The molecular formula is C21H23NO3. The predicted octanol–water partition coefficient (Wildman–Crippen LogP) is 3.94. The average molecular weight is 337 g/mol. The summed E-state index contributed by atoms with van der Waals surface area (Å²) in [6.45, 7) is 3.30. The number of nitrogens with zero attached hydrogens (tertiary/aromatic N) is 1. The first-order valence-corrected chi connectivity index (χ1v) is 8.42. The number of fused-ring (bicyclic) bond motifs is 1. The molecule has 0 saturated carbocycles. The average Bonchev–Trinajstić information content (AvgIpc) is 2.66. The summed E-state index contributed by atoms with van der Waals surface area (Å²) in [6, 6.07) is 11.9. The van der Waals surface area contributed by atoms with Crippen molar-refractivity contribution >= 4 is 12.0 Å². The monoisotopic (exact) mass is 337 g/mol. The summed E-state index contributed by atoms with van der Waals surface area (Å²) in [5.41, 5.74) is 4.00. The predicted molar refractivity (Wildman–Crippen MR) is 99.1 cm³/mol. The molecule has 1 aliphatic heterocycles. The zero-order chi connectivity index (χ0) is 17.8. The largest absolute Gasteiger partial charge is 0.493 e. The topological polar surface area (TPSA) is 38.8 Å². The van der Waals surface area contributed by atoms with Gasteiger partial charge in [0.1, 0.15) is 0 Å². The molecule has 0 bridgehead atoms. The van der Waals surface area contributed by atoms with E-state index in [1.807, 2.05) is 42.2 Å². The maximum atomic E-state index is 13.0. The Labute approximate surface area is 148 Å². The minimum absolute atomic E-state index is 0.0150. The van der Waals surface area contributed by atoms with Crippen LogP contribution < -0.4 is 9.47 Å². The van der Waals surface area contributed by atoms with Gasteiger partial charge >= 0.3 is 0 Å². The molecule has 2 aromatic carbocycles. The van der Waals surface area contributed by atoms with Crippen molar-refractivity contribution in [3.05, 3.63) is 64.7 Å². The Hall–Kier alpha value is -2.75. The Balaban J connectivity index is 1.93. The summed E-state index contributed by atoms with van der Waals surface area (Å²) in [4.78, 5) is 14.9. The van der Waals surface area contributed by atoms with E-state index in [0.717, 1.165) is 18.5 Å². The van der Waals surface area contributed by atoms with Gasteiger partial charge in [-0.1, -0.05) is 36.4 Å².